The van der Waals surface area contributed by atoms with Crippen LogP contribution in [0.2, 0.25) is 0 Å². The first kappa shape index (κ1) is 18.8. The third-order valence-electron chi connectivity index (χ3n) is 4.29. The fourth-order valence-electron chi connectivity index (χ4n) is 2.71. The molecule has 0 N–H and O–H groups in total. The minimum absolute atomic E-state index is 0.0857. The first-order valence-corrected chi connectivity index (χ1v) is 10.3. The fourth-order valence-corrected chi connectivity index (χ4v) is 3.94. The molecule has 6 heteroatoms. The minimum atomic E-state index is -0.0857. The number of nitrogens with zero attached hydrogens (tertiary/aromatic N) is 2. The van der Waals surface area contributed by atoms with E-state index in [1.165, 1.54) is 17.3 Å². The standard InChI is InChI=1S/C22H17BrN2O2S/c1-14-3-9-17(10-4-14)24-22-25(2)21(26)20(28-22)13-18-11-12-19(27-18)15-5-7-16(23)8-6-15/h3-13H,1-2H3/b20-13+,24-22?. The molecule has 4 rings (SSSR count). The van der Waals surface area contributed by atoms with Crippen LogP contribution in [0.3, 0.4) is 0 Å². The Hall–Kier alpha value is -2.57. The predicted molar refractivity (Wildman–Crippen MR) is 118 cm³/mol. The van der Waals surface area contributed by atoms with Crippen LogP contribution in [0, 0.1) is 6.92 Å². The molecule has 1 aromatic heterocycles. The molecule has 0 unspecified atom stereocenters. The number of likely N-dealkylation sites (N-methyl/N-ethyl adjacent to an activating group) is 1. The summed E-state index contributed by atoms with van der Waals surface area (Å²) in [6.45, 7) is 2.03. The van der Waals surface area contributed by atoms with E-state index in [9.17, 15) is 4.79 Å². The molecule has 1 fully saturated rings. The number of furan rings is 1. The summed E-state index contributed by atoms with van der Waals surface area (Å²) >= 11 is 4.78. The molecule has 1 aliphatic heterocycles. The topological polar surface area (TPSA) is 45.8 Å². The Morgan fingerprint density at radius 1 is 1.04 bits per heavy atom. The lowest BCUT2D eigenvalue weighted by Gasteiger charge is -2.07. The average Bonchev–Trinajstić information content (AvgIpc) is 3.25. The van der Waals surface area contributed by atoms with E-state index < -0.39 is 0 Å². The number of hydrogen-bond donors (Lipinski definition) is 0. The van der Waals surface area contributed by atoms with Crippen LogP contribution in [-0.2, 0) is 4.79 Å². The molecule has 1 amide bonds. The van der Waals surface area contributed by atoms with Gasteiger partial charge < -0.3 is 4.42 Å². The number of halogens is 1. The lowest BCUT2D eigenvalue weighted by Crippen LogP contribution is -2.23. The van der Waals surface area contributed by atoms with Crippen LogP contribution in [0.15, 0.2) is 79.5 Å². The molecule has 0 bridgehead atoms. The van der Waals surface area contributed by atoms with Gasteiger partial charge in [-0.05, 0) is 55.1 Å². The molecule has 3 aromatic rings. The summed E-state index contributed by atoms with van der Waals surface area (Å²) in [5.74, 6) is 1.31. The van der Waals surface area contributed by atoms with Crippen LogP contribution >= 0.6 is 27.7 Å². The van der Waals surface area contributed by atoms with Crippen molar-refractivity contribution in [3.63, 3.8) is 0 Å². The van der Waals surface area contributed by atoms with Gasteiger partial charge in [-0.2, -0.15) is 0 Å². The maximum Gasteiger partial charge on any atom is 0.266 e. The normalized spacial score (nSPS) is 17.1. The summed E-state index contributed by atoms with van der Waals surface area (Å²) in [6, 6.07) is 19.6. The smallest absolute Gasteiger partial charge is 0.266 e. The third kappa shape index (κ3) is 3.98. The second-order valence-electron chi connectivity index (χ2n) is 6.41. The van der Waals surface area contributed by atoms with Crippen molar-refractivity contribution in [1.82, 2.24) is 4.90 Å². The van der Waals surface area contributed by atoms with E-state index in [0.717, 1.165) is 21.5 Å². The van der Waals surface area contributed by atoms with Crippen molar-refractivity contribution in [2.45, 2.75) is 6.92 Å². The van der Waals surface area contributed by atoms with E-state index in [-0.39, 0.29) is 5.91 Å². The molecule has 28 heavy (non-hydrogen) atoms. The van der Waals surface area contributed by atoms with Gasteiger partial charge in [0.1, 0.15) is 11.5 Å². The van der Waals surface area contributed by atoms with Crippen LogP contribution in [-0.4, -0.2) is 23.0 Å². The summed E-state index contributed by atoms with van der Waals surface area (Å²) in [6.07, 6.45) is 1.77. The van der Waals surface area contributed by atoms with Crippen molar-refractivity contribution >= 4 is 50.5 Å². The number of aliphatic imine (C=N–C) groups is 1. The number of rotatable bonds is 3. The number of amidine groups is 1. The van der Waals surface area contributed by atoms with Gasteiger partial charge in [0.25, 0.3) is 5.91 Å². The van der Waals surface area contributed by atoms with Crippen molar-refractivity contribution in [2.24, 2.45) is 4.99 Å². The highest BCUT2D eigenvalue weighted by molar-refractivity contribution is 9.10. The quantitative estimate of drug-likeness (QED) is 0.441. The largest absolute Gasteiger partial charge is 0.457 e. The number of hydrogen-bond acceptors (Lipinski definition) is 4. The number of carbonyl (C=O) groups is 1. The third-order valence-corrected chi connectivity index (χ3v) is 5.88. The summed E-state index contributed by atoms with van der Waals surface area (Å²) in [7, 11) is 1.73. The van der Waals surface area contributed by atoms with Gasteiger partial charge >= 0.3 is 0 Å². The van der Waals surface area contributed by atoms with E-state index in [0.29, 0.717) is 15.8 Å². The van der Waals surface area contributed by atoms with Gasteiger partial charge in [-0.15, -0.1) is 0 Å². The van der Waals surface area contributed by atoms with Crippen molar-refractivity contribution in [2.75, 3.05) is 7.05 Å². The van der Waals surface area contributed by atoms with Crippen LogP contribution < -0.4 is 0 Å². The van der Waals surface area contributed by atoms with E-state index in [1.807, 2.05) is 67.6 Å². The van der Waals surface area contributed by atoms with Gasteiger partial charge in [-0.3, -0.25) is 9.69 Å². The summed E-state index contributed by atoms with van der Waals surface area (Å²) in [5.41, 5.74) is 2.98. The zero-order valence-electron chi connectivity index (χ0n) is 15.3. The lowest BCUT2D eigenvalue weighted by atomic mass is 10.2. The zero-order chi connectivity index (χ0) is 19.7. The molecule has 0 radical (unpaired) electrons. The number of carbonyl (C=O) groups excluding carboxylic acids is 1. The van der Waals surface area contributed by atoms with E-state index in [1.54, 1.807) is 18.0 Å². The number of thioether (sulfide) groups is 1. The highest BCUT2D eigenvalue weighted by Crippen LogP contribution is 2.34. The molecule has 0 spiro atoms. The summed E-state index contributed by atoms with van der Waals surface area (Å²) in [4.78, 5) is 19.3. The number of aryl methyl sites for hydroxylation is 1. The Bertz CT molecular complexity index is 1080. The Kier molecular flexibility index (Phi) is 5.24. The molecule has 2 aromatic carbocycles. The molecule has 0 aliphatic carbocycles. The highest BCUT2D eigenvalue weighted by atomic mass is 79.9. The van der Waals surface area contributed by atoms with Crippen LogP contribution in [0.25, 0.3) is 17.4 Å². The van der Waals surface area contributed by atoms with Gasteiger partial charge in [-0.1, -0.05) is 45.8 Å². The van der Waals surface area contributed by atoms with Crippen molar-refractivity contribution in [3.05, 3.63) is 81.4 Å². The van der Waals surface area contributed by atoms with Crippen LogP contribution in [0.4, 0.5) is 5.69 Å². The minimum Gasteiger partial charge on any atom is -0.457 e. The molecule has 140 valence electrons. The Labute approximate surface area is 176 Å². The molecule has 2 heterocycles. The fraction of sp³-hybridized carbons (Fsp3) is 0.0909. The van der Waals surface area contributed by atoms with Gasteiger partial charge in [-0.25, -0.2) is 4.99 Å². The molecule has 1 aliphatic rings. The van der Waals surface area contributed by atoms with Crippen LogP contribution in [0.1, 0.15) is 11.3 Å². The highest BCUT2D eigenvalue weighted by Gasteiger charge is 2.30. The number of amides is 1. The Morgan fingerprint density at radius 2 is 1.75 bits per heavy atom. The molecular formula is C22H17BrN2O2S. The Balaban J connectivity index is 1.57. The van der Waals surface area contributed by atoms with Gasteiger partial charge in [0.2, 0.25) is 0 Å². The van der Waals surface area contributed by atoms with Crippen LogP contribution in [0.5, 0.6) is 0 Å². The summed E-state index contributed by atoms with van der Waals surface area (Å²) < 4.78 is 6.92. The molecule has 0 saturated carbocycles. The average molecular weight is 453 g/mol. The van der Waals surface area contributed by atoms with E-state index in [2.05, 4.69) is 20.9 Å². The lowest BCUT2D eigenvalue weighted by molar-refractivity contribution is -0.121. The predicted octanol–water partition coefficient (Wildman–Crippen LogP) is 6.25. The Morgan fingerprint density at radius 3 is 2.46 bits per heavy atom. The van der Waals surface area contributed by atoms with Crippen molar-refractivity contribution in [1.29, 1.82) is 0 Å². The van der Waals surface area contributed by atoms with Gasteiger partial charge in [0.05, 0.1) is 10.6 Å². The first-order chi connectivity index (χ1) is 13.5. The first-order valence-electron chi connectivity index (χ1n) is 8.68. The monoisotopic (exact) mass is 452 g/mol. The second-order valence-corrected chi connectivity index (χ2v) is 8.34. The van der Waals surface area contributed by atoms with E-state index >= 15 is 0 Å². The molecule has 0 atom stereocenters. The van der Waals surface area contributed by atoms with E-state index in [4.69, 9.17) is 4.42 Å². The number of benzene rings is 2. The zero-order valence-corrected chi connectivity index (χ0v) is 17.8. The molecule has 1 saturated heterocycles. The molecular weight excluding hydrogens is 436 g/mol. The van der Waals surface area contributed by atoms with Crippen molar-refractivity contribution < 1.29 is 9.21 Å². The second kappa shape index (κ2) is 7.81. The maximum atomic E-state index is 12.6. The SMILES string of the molecule is Cc1ccc(N=C2S/C(=C/c3ccc(-c4ccc(Br)cc4)o3)C(=O)N2C)cc1. The maximum absolute atomic E-state index is 12.6. The van der Waals surface area contributed by atoms with Gasteiger partial charge in [0, 0.05) is 23.2 Å². The summed E-state index contributed by atoms with van der Waals surface area (Å²) in [5, 5.41) is 0.653. The van der Waals surface area contributed by atoms with Crippen molar-refractivity contribution in [3.8, 4) is 11.3 Å². The molecule has 4 nitrogen and oxygen atoms in total. The van der Waals surface area contributed by atoms with Gasteiger partial charge in [0.15, 0.2) is 5.17 Å².